The van der Waals surface area contributed by atoms with Gasteiger partial charge in [-0.25, -0.2) is 0 Å². The number of hydrogen-bond donors (Lipinski definition) is 0. The number of fused-ring (bicyclic) bond motifs is 9. The second kappa shape index (κ2) is 16.0. The van der Waals surface area contributed by atoms with E-state index < -0.39 is 5.41 Å². The Kier molecular flexibility index (Phi) is 9.11. The van der Waals surface area contributed by atoms with Gasteiger partial charge in [0.25, 0.3) is 0 Å². The summed E-state index contributed by atoms with van der Waals surface area (Å²) in [4.78, 5) is 2.48. The van der Waals surface area contributed by atoms with Crippen LogP contribution in [-0.4, -0.2) is 9.13 Å². The fraction of sp³-hybridized carbons (Fsp3) is 0.0149. The molecule has 3 heteroatoms. The molecule has 70 heavy (non-hydrogen) atoms. The molecule has 0 aliphatic heterocycles. The summed E-state index contributed by atoms with van der Waals surface area (Å²) in [5.41, 5.74) is 19.6. The lowest BCUT2D eigenvalue weighted by Crippen LogP contribution is -2.28. The van der Waals surface area contributed by atoms with Crippen molar-refractivity contribution in [3.05, 3.63) is 295 Å². The highest BCUT2D eigenvalue weighted by molar-refractivity contribution is 6.10. The summed E-state index contributed by atoms with van der Waals surface area (Å²) in [6.45, 7) is 0. The molecule has 0 fully saturated rings. The fourth-order valence-electron chi connectivity index (χ4n) is 11.9. The molecule has 13 aromatic rings. The Morgan fingerprint density at radius 1 is 0.300 bits per heavy atom. The summed E-state index contributed by atoms with van der Waals surface area (Å²) in [6.07, 6.45) is 0. The Bertz CT molecular complexity index is 3980. The van der Waals surface area contributed by atoms with Crippen LogP contribution < -0.4 is 4.90 Å². The number of aromatic nitrogens is 2. The fourth-order valence-corrected chi connectivity index (χ4v) is 11.9. The molecule has 14 rings (SSSR count). The maximum absolute atomic E-state index is 2.48. The predicted molar refractivity (Wildman–Crippen MR) is 293 cm³/mol. The number of anilines is 3. The van der Waals surface area contributed by atoms with Crippen molar-refractivity contribution in [2.24, 2.45) is 0 Å². The van der Waals surface area contributed by atoms with Gasteiger partial charge < -0.3 is 14.0 Å². The highest BCUT2D eigenvalue weighted by Crippen LogP contribution is 2.59. The summed E-state index contributed by atoms with van der Waals surface area (Å²) in [7, 11) is 0. The van der Waals surface area contributed by atoms with Gasteiger partial charge in [0.1, 0.15) is 0 Å². The molecule has 0 radical (unpaired) electrons. The number of para-hydroxylation sites is 4. The number of nitrogens with zero attached hydrogens (tertiary/aromatic N) is 3. The van der Waals surface area contributed by atoms with Crippen LogP contribution >= 0.6 is 0 Å². The van der Waals surface area contributed by atoms with Crippen LogP contribution in [0.4, 0.5) is 17.1 Å². The molecule has 0 saturated carbocycles. The quantitative estimate of drug-likeness (QED) is 0.148. The number of rotatable bonds is 8. The lowest BCUT2D eigenvalue weighted by atomic mass is 9.68. The van der Waals surface area contributed by atoms with Crippen LogP contribution in [0.3, 0.4) is 0 Å². The smallest absolute Gasteiger partial charge is 0.0714 e. The maximum atomic E-state index is 2.48. The van der Waals surface area contributed by atoms with E-state index >= 15 is 0 Å². The SMILES string of the molecule is c1ccc(C2(c3ccccc3)c3ccccc3-c3c(N(c4ccc(-c5cccc(-n6c7ccccc7c7ccccc76)c5)cc4)c4cccc(-n5c6ccccc6c6ccccc65)c4)cccc32)cc1. The molecule has 0 N–H and O–H groups in total. The highest BCUT2D eigenvalue weighted by atomic mass is 15.1. The summed E-state index contributed by atoms with van der Waals surface area (Å²) in [5.74, 6) is 0. The first-order valence-corrected chi connectivity index (χ1v) is 24.2. The number of benzene rings is 11. The van der Waals surface area contributed by atoms with Crippen molar-refractivity contribution in [2.45, 2.75) is 5.41 Å². The van der Waals surface area contributed by atoms with Crippen molar-refractivity contribution in [3.8, 4) is 33.6 Å². The van der Waals surface area contributed by atoms with Gasteiger partial charge in [0, 0.05) is 49.9 Å². The van der Waals surface area contributed by atoms with Crippen LogP contribution in [0.1, 0.15) is 22.3 Å². The van der Waals surface area contributed by atoms with Crippen molar-refractivity contribution in [1.82, 2.24) is 9.13 Å². The summed E-state index contributed by atoms with van der Waals surface area (Å²) in [5, 5.41) is 5.01. The third-order valence-electron chi connectivity index (χ3n) is 14.8. The Labute approximate surface area is 407 Å². The lowest BCUT2D eigenvalue weighted by Gasteiger charge is -2.34. The van der Waals surface area contributed by atoms with Gasteiger partial charge in [-0.05, 0) is 112 Å². The van der Waals surface area contributed by atoms with E-state index in [-0.39, 0.29) is 0 Å². The minimum Gasteiger partial charge on any atom is -0.310 e. The Hall–Kier alpha value is -9.18. The van der Waals surface area contributed by atoms with E-state index in [1.165, 1.54) is 77.0 Å². The Morgan fingerprint density at radius 3 is 1.33 bits per heavy atom. The molecule has 0 saturated heterocycles. The largest absolute Gasteiger partial charge is 0.310 e. The van der Waals surface area contributed by atoms with Gasteiger partial charge in [-0.1, -0.05) is 200 Å². The molecule has 328 valence electrons. The zero-order chi connectivity index (χ0) is 46.2. The molecule has 2 aromatic heterocycles. The van der Waals surface area contributed by atoms with Crippen molar-refractivity contribution in [2.75, 3.05) is 4.90 Å². The highest BCUT2D eigenvalue weighted by Gasteiger charge is 2.47. The Balaban J connectivity index is 0.977. The normalized spacial score (nSPS) is 12.7. The molecular weight excluding hydrogens is 847 g/mol. The predicted octanol–water partition coefficient (Wildman–Crippen LogP) is 17.4. The summed E-state index contributed by atoms with van der Waals surface area (Å²) < 4.78 is 4.81. The second-order valence-electron chi connectivity index (χ2n) is 18.4. The van der Waals surface area contributed by atoms with Crippen molar-refractivity contribution in [3.63, 3.8) is 0 Å². The van der Waals surface area contributed by atoms with E-state index in [1.54, 1.807) is 0 Å². The molecule has 3 nitrogen and oxygen atoms in total. The van der Waals surface area contributed by atoms with Crippen LogP contribution in [0.15, 0.2) is 273 Å². The van der Waals surface area contributed by atoms with E-state index in [0.29, 0.717) is 0 Å². The molecule has 0 bridgehead atoms. The summed E-state index contributed by atoms with van der Waals surface area (Å²) >= 11 is 0. The van der Waals surface area contributed by atoms with Gasteiger partial charge in [0.05, 0.1) is 33.2 Å². The van der Waals surface area contributed by atoms with Gasteiger partial charge in [-0.3, -0.25) is 0 Å². The Morgan fingerprint density at radius 2 is 0.757 bits per heavy atom. The third-order valence-corrected chi connectivity index (χ3v) is 14.8. The van der Waals surface area contributed by atoms with Gasteiger partial charge in [-0.15, -0.1) is 0 Å². The molecular formula is C67H45N3. The molecule has 1 aliphatic rings. The zero-order valence-corrected chi connectivity index (χ0v) is 38.3. The van der Waals surface area contributed by atoms with Crippen molar-refractivity contribution < 1.29 is 0 Å². The molecule has 11 aromatic carbocycles. The van der Waals surface area contributed by atoms with E-state index in [9.17, 15) is 0 Å². The van der Waals surface area contributed by atoms with Gasteiger partial charge in [0.2, 0.25) is 0 Å². The van der Waals surface area contributed by atoms with Gasteiger partial charge in [0.15, 0.2) is 0 Å². The van der Waals surface area contributed by atoms with Crippen LogP contribution in [0.5, 0.6) is 0 Å². The molecule has 0 spiro atoms. The standard InChI is InChI=1S/C67H45N3/c1-3-21-48(22-4-1)67(49-23-5-2-6-24-49)59-33-12-7-32-58(59)66-60(67)34-19-39-65(66)68(52-26-18-27-53(45-52)70-63-37-15-10-30-56(63)57-31-11-16-38-64(57)70)50-42-40-46(41-43-50)47-20-17-25-51(44-47)69-61-35-13-8-28-54(61)55-29-9-14-36-62(55)69/h1-45H. The minimum absolute atomic E-state index is 0.536. The number of hydrogen-bond acceptors (Lipinski definition) is 1. The van der Waals surface area contributed by atoms with Crippen molar-refractivity contribution in [1.29, 1.82) is 0 Å². The van der Waals surface area contributed by atoms with Crippen molar-refractivity contribution >= 4 is 60.7 Å². The van der Waals surface area contributed by atoms with E-state index in [4.69, 9.17) is 0 Å². The first-order chi connectivity index (χ1) is 34.8. The molecule has 1 aliphatic carbocycles. The topological polar surface area (TPSA) is 13.1 Å². The monoisotopic (exact) mass is 891 g/mol. The molecule has 0 atom stereocenters. The van der Waals surface area contributed by atoms with Gasteiger partial charge in [-0.2, -0.15) is 0 Å². The maximum Gasteiger partial charge on any atom is 0.0714 e. The summed E-state index contributed by atoms with van der Waals surface area (Å²) in [6, 6.07) is 100. The average molecular weight is 892 g/mol. The second-order valence-corrected chi connectivity index (χ2v) is 18.4. The van der Waals surface area contributed by atoms with E-state index in [0.717, 1.165) is 39.6 Å². The molecule has 0 amide bonds. The first kappa shape index (κ1) is 39.9. The minimum atomic E-state index is -0.536. The zero-order valence-electron chi connectivity index (χ0n) is 38.3. The van der Waals surface area contributed by atoms with E-state index in [1.807, 2.05) is 0 Å². The van der Waals surface area contributed by atoms with Crippen LogP contribution in [0.2, 0.25) is 0 Å². The van der Waals surface area contributed by atoms with Crippen LogP contribution in [-0.2, 0) is 5.41 Å². The lowest BCUT2D eigenvalue weighted by molar-refractivity contribution is 0.768. The molecule has 2 heterocycles. The molecule has 0 unspecified atom stereocenters. The van der Waals surface area contributed by atoms with E-state index in [2.05, 4.69) is 287 Å². The van der Waals surface area contributed by atoms with Crippen LogP contribution in [0.25, 0.3) is 77.2 Å². The van der Waals surface area contributed by atoms with Crippen LogP contribution in [0, 0.1) is 0 Å². The third kappa shape index (κ3) is 5.95. The van der Waals surface area contributed by atoms with Gasteiger partial charge >= 0.3 is 0 Å². The average Bonchev–Trinajstić information content (AvgIpc) is 4.07. The first-order valence-electron chi connectivity index (χ1n) is 24.2.